The standard InChI is InChI=1S/C15H24N2/c1-13-6-8-14(9-7-13)11-17(2)12-15-5-3-4-10-16-15/h6-9,15-16H,3-5,10-12H2,1-2H3/t15-/m0/s1. The molecule has 1 fully saturated rings. The van der Waals surface area contributed by atoms with Gasteiger partial charge in [-0.25, -0.2) is 0 Å². The Labute approximate surface area is 105 Å². The minimum absolute atomic E-state index is 0.694. The molecule has 1 saturated heterocycles. The zero-order valence-corrected chi connectivity index (χ0v) is 11.1. The van der Waals surface area contributed by atoms with E-state index in [9.17, 15) is 0 Å². The lowest BCUT2D eigenvalue weighted by Gasteiger charge is -2.28. The highest BCUT2D eigenvalue weighted by Crippen LogP contribution is 2.10. The molecule has 2 rings (SSSR count). The van der Waals surface area contributed by atoms with Gasteiger partial charge in [0.05, 0.1) is 0 Å². The molecule has 2 nitrogen and oxygen atoms in total. The molecule has 0 aromatic heterocycles. The van der Waals surface area contributed by atoms with Gasteiger partial charge in [-0.05, 0) is 38.9 Å². The second-order valence-electron chi connectivity index (χ2n) is 5.33. The first-order chi connectivity index (χ1) is 8.24. The van der Waals surface area contributed by atoms with Crippen LogP contribution in [0.5, 0.6) is 0 Å². The summed E-state index contributed by atoms with van der Waals surface area (Å²) in [5.74, 6) is 0. The molecular formula is C15H24N2. The smallest absolute Gasteiger partial charge is 0.0231 e. The van der Waals surface area contributed by atoms with Crippen molar-refractivity contribution < 1.29 is 0 Å². The summed E-state index contributed by atoms with van der Waals surface area (Å²) in [6.07, 6.45) is 4.06. The maximum atomic E-state index is 3.60. The molecule has 0 spiro atoms. The topological polar surface area (TPSA) is 15.3 Å². The van der Waals surface area contributed by atoms with Crippen molar-refractivity contribution in [3.8, 4) is 0 Å². The Morgan fingerprint density at radius 1 is 1.24 bits per heavy atom. The molecule has 1 atom stereocenters. The van der Waals surface area contributed by atoms with Gasteiger partial charge in [0.1, 0.15) is 0 Å². The summed E-state index contributed by atoms with van der Waals surface area (Å²) >= 11 is 0. The molecule has 1 aromatic rings. The number of hydrogen-bond acceptors (Lipinski definition) is 2. The third-order valence-corrected chi connectivity index (χ3v) is 3.52. The van der Waals surface area contributed by atoms with Gasteiger partial charge in [-0.15, -0.1) is 0 Å². The Bertz CT molecular complexity index is 325. The lowest BCUT2D eigenvalue weighted by molar-refractivity contribution is 0.256. The molecule has 0 saturated carbocycles. The Morgan fingerprint density at radius 3 is 2.65 bits per heavy atom. The largest absolute Gasteiger partial charge is 0.313 e. The van der Waals surface area contributed by atoms with E-state index in [1.54, 1.807) is 0 Å². The number of nitrogens with zero attached hydrogens (tertiary/aromatic N) is 1. The number of piperidine rings is 1. The van der Waals surface area contributed by atoms with E-state index in [0.717, 1.165) is 13.1 Å². The van der Waals surface area contributed by atoms with E-state index in [1.165, 1.54) is 36.9 Å². The maximum absolute atomic E-state index is 3.60. The number of nitrogens with one attached hydrogen (secondary N) is 1. The summed E-state index contributed by atoms with van der Waals surface area (Å²) in [7, 11) is 2.22. The van der Waals surface area contributed by atoms with Crippen molar-refractivity contribution in [1.29, 1.82) is 0 Å². The van der Waals surface area contributed by atoms with Gasteiger partial charge in [-0.1, -0.05) is 36.2 Å². The quantitative estimate of drug-likeness (QED) is 0.858. The van der Waals surface area contributed by atoms with E-state index in [4.69, 9.17) is 0 Å². The molecule has 0 aliphatic carbocycles. The summed E-state index contributed by atoms with van der Waals surface area (Å²) in [5.41, 5.74) is 2.75. The number of hydrogen-bond donors (Lipinski definition) is 1. The third-order valence-electron chi connectivity index (χ3n) is 3.52. The maximum Gasteiger partial charge on any atom is 0.0231 e. The summed E-state index contributed by atoms with van der Waals surface area (Å²) in [6.45, 7) is 5.55. The second kappa shape index (κ2) is 6.18. The van der Waals surface area contributed by atoms with Crippen LogP contribution in [0.1, 0.15) is 30.4 Å². The summed E-state index contributed by atoms with van der Waals surface area (Å²) in [5, 5.41) is 3.60. The minimum Gasteiger partial charge on any atom is -0.313 e. The number of aryl methyl sites for hydroxylation is 1. The van der Waals surface area contributed by atoms with Gasteiger partial charge in [-0.3, -0.25) is 0 Å². The van der Waals surface area contributed by atoms with Crippen LogP contribution in [-0.2, 0) is 6.54 Å². The van der Waals surface area contributed by atoms with E-state index in [2.05, 4.69) is 48.5 Å². The predicted octanol–water partition coefficient (Wildman–Crippen LogP) is 2.57. The fourth-order valence-electron chi connectivity index (χ4n) is 2.53. The molecular weight excluding hydrogens is 208 g/mol. The van der Waals surface area contributed by atoms with Crippen molar-refractivity contribution in [2.24, 2.45) is 0 Å². The molecule has 1 aliphatic rings. The zero-order valence-electron chi connectivity index (χ0n) is 11.1. The Balaban J connectivity index is 1.79. The molecule has 0 unspecified atom stereocenters. The Hall–Kier alpha value is -0.860. The molecule has 0 bridgehead atoms. The molecule has 1 heterocycles. The first kappa shape index (κ1) is 12.6. The summed E-state index contributed by atoms with van der Waals surface area (Å²) in [4.78, 5) is 2.42. The summed E-state index contributed by atoms with van der Waals surface area (Å²) < 4.78 is 0. The van der Waals surface area contributed by atoms with Gasteiger partial charge in [0.25, 0.3) is 0 Å². The second-order valence-corrected chi connectivity index (χ2v) is 5.33. The highest BCUT2D eigenvalue weighted by Gasteiger charge is 2.14. The van der Waals surface area contributed by atoms with Crippen LogP contribution in [0.15, 0.2) is 24.3 Å². The van der Waals surface area contributed by atoms with Crippen LogP contribution in [0, 0.1) is 6.92 Å². The van der Waals surface area contributed by atoms with Gasteiger partial charge in [0, 0.05) is 19.1 Å². The first-order valence-corrected chi connectivity index (χ1v) is 6.71. The number of likely N-dealkylation sites (N-methyl/N-ethyl adjacent to an activating group) is 1. The van der Waals surface area contributed by atoms with Crippen LogP contribution < -0.4 is 5.32 Å². The van der Waals surface area contributed by atoms with E-state index >= 15 is 0 Å². The molecule has 2 heteroatoms. The Morgan fingerprint density at radius 2 is 2.00 bits per heavy atom. The van der Waals surface area contributed by atoms with Gasteiger partial charge < -0.3 is 10.2 Å². The van der Waals surface area contributed by atoms with Crippen molar-refractivity contribution in [2.45, 2.75) is 38.8 Å². The van der Waals surface area contributed by atoms with Crippen molar-refractivity contribution in [1.82, 2.24) is 10.2 Å². The van der Waals surface area contributed by atoms with Gasteiger partial charge in [-0.2, -0.15) is 0 Å². The lowest BCUT2D eigenvalue weighted by atomic mass is 10.0. The van der Waals surface area contributed by atoms with Gasteiger partial charge >= 0.3 is 0 Å². The molecule has 1 N–H and O–H groups in total. The van der Waals surface area contributed by atoms with Crippen LogP contribution in [0.2, 0.25) is 0 Å². The SMILES string of the molecule is Cc1ccc(CN(C)C[C@@H]2CCCCN2)cc1. The van der Waals surface area contributed by atoms with Crippen LogP contribution in [0.25, 0.3) is 0 Å². The van der Waals surface area contributed by atoms with E-state index in [-0.39, 0.29) is 0 Å². The Kier molecular flexibility index (Phi) is 4.57. The van der Waals surface area contributed by atoms with Crippen molar-refractivity contribution in [3.63, 3.8) is 0 Å². The van der Waals surface area contributed by atoms with Crippen LogP contribution in [-0.4, -0.2) is 31.1 Å². The monoisotopic (exact) mass is 232 g/mol. The molecule has 1 aliphatic heterocycles. The van der Waals surface area contributed by atoms with E-state index in [1.807, 2.05) is 0 Å². The fourth-order valence-corrected chi connectivity index (χ4v) is 2.53. The van der Waals surface area contributed by atoms with Crippen LogP contribution in [0.3, 0.4) is 0 Å². The van der Waals surface area contributed by atoms with Crippen molar-refractivity contribution in [2.75, 3.05) is 20.1 Å². The number of benzene rings is 1. The predicted molar refractivity (Wildman–Crippen MR) is 73.2 cm³/mol. The van der Waals surface area contributed by atoms with E-state index in [0.29, 0.717) is 6.04 Å². The van der Waals surface area contributed by atoms with Crippen LogP contribution >= 0.6 is 0 Å². The molecule has 17 heavy (non-hydrogen) atoms. The summed E-state index contributed by atoms with van der Waals surface area (Å²) in [6, 6.07) is 9.56. The number of rotatable bonds is 4. The average molecular weight is 232 g/mol. The zero-order chi connectivity index (χ0) is 12.1. The van der Waals surface area contributed by atoms with Crippen molar-refractivity contribution >= 4 is 0 Å². The van der Waals surface area contributed by atoms with Crippen LogP contribution in [0.4, 0.5) is 0 Å². The first-order valence-electron chi connectivity index (χ1n) is 6.71. The fraction of sp³-hybridized carbons (Fsp3) is 0.600. The highest BCUT2D eigenvalue weighted by molar-refractivity contribution is 5.21. The van der Waals surface area contributed by atoms with Gasteiger partial charge in [0.2, 0.25) is 0 Å². The normalized spacial score (nSPS) is 20.8. The minimum atomic E-state index is 0.694. The van der Waals surface area contributed by atoms with E-state index < -0.39 is 0 Å². The molecule has 94 valence electrons. The molecule has 0 radical (unpaired) electrons. The third kappa shape index (κ3) is 4.14. The molecule has 0 amide bonds. The van der Waals surface area contributed by atoms with Crippen molar-refractivity contribution in [3.05, 3.63) is 35.4 Å². The lowest BCUT2D eigenvalue weighted by Crippen LogP contribution is -2.42. The average Bonchev–Trinajstić information content (AvgIpc) is 2.33. The molecule has 1 aromatic carbocycles. The highest BCUT2D eigenvalue weighted by atomic mass is 15.1. The van der Waals surface area contributed by atoms with Gasteiger partial charge in [0.15, 0.2) is 0 Å².